The highest BCUT2D eigenvalue weighted by Crippen LogP contribution is 2.34. The van der Waals surface area contributed by atoms with Crippen molar-refractivity contribution >= 4 is 5.78 Å². The average Bonchev–Trinajstić information content (AvgIpc) is 2.86. The smallest absolute Gasteiger partial charge is 0.218 e. The fraction of sp³-hybridized carbons (Fsp3) is 0.320. The van der Waals surface area contributed by atoms with Gasteiger partial charge in [-0.25, -0.2) is 9.97 Å². The summed E-state index contributed by atoms with van der Waals surface area (Å²) in [5.41, 5.74) is 1.45. The van der Waals surface area contributed by atoms with Crippen LogP contribution < -0.4 is 14.8 Å². The lowest BCUT2D eigenvalue weighted by Crippen LogP contribution is -2.58. The number of carbonyl (C=O) groups is 1. The largest absolute Gasteiger partial charge is 0.481 e. The van der Waals surface area contributed by atoms with Crippen LogP contribution in [-0.2, 0) is 0 Å². The van der Waals surface area contributed by atoms with Crippen LogP contribution in [0.15, 0.2) is 48.9 Å². The summed E-state index contributed by atoms with van der Waals surface area (Å²) in [4.78, 5) is 27.2. The van der Waals surface area contributed by atoms with Gasteiger partial charge in [0.05, 0.1) is 24.4 Å². The molecule has 0 unspecified atom stereocenters. The summed E-state index contributed by atoms with van der Waals surface area (Å²) in [6, 6.07) is 11.0. The van der Waals surface area contributed by atoms with Gasteiger partial charge in [0.25, 0.3) is 0 Å². The molecular weight excluding hydrogens is 418 g/mol. The second-order valence-corrected chi connectivity index (χ2v) is 8.14. The Morgan fingerprint density at radius 1 is 1.27 bits per heavy atom. The lowest BCUT2D eigenvalue weighted by Gasteiger charge is -2.39. The van der Waals surface area contributed by atoms with Crippen LogP contribution in [0.2, 0.25) is 0 Å². The predicted molar refractivity (Wildman–Crippen MR) is 122 cm³/mol. The van der Waals surface area contributed by atoms with Crippen molar-refractivity contribution in [3.63, 3.8) is 0 Å². The molecule has 1 saturated heterocycles. The van der Waals surface area contributed by atoms with Crippen molar-refractivity contribution in [1.29, 1.82) is 5.26 Å². The van der Waals surface area contributed by atoms with Crippen LogP contribution >= 0.6 is 0 Å². The first-order chi connectivity index (χ1) is 16.0. The number of nitrogens with zero attached hydrogens (tertiary/aromatic N) is 4. The van der Waals surface area contributed by atoms with E-state index >= 15 is 0 Å². The summed E-state index contributed by atoms with van der Waals surface area (Å²) in [7, 11) is 1.53. The standard InChI is InChI=1S/C25H25N5O3/c1-16-8-10-25(15-29-16,33-24-17(2)18(13-26)9-12-28-24)23(31)20-6-7-21(32-3)30-22(20)19-5-4-11-27-14-19/h4-7,9,11-12,14,16,29H,8,10,15H2,1-3H3/t16-,25-/m1/s1. The summed E-state index contributed by atoms with van der Waals surface area (Å²) in [5.74, 6) is 0.470. The third-order valence-corrected chi connectivity index (χ3v) is 5.96. The van der Waals surface area contributed by atoms with Gasteiger partial charge in [-0.1, -0.05) is 0 Å². The highest BCUT2D eigenvalue weighted by molar-refractivity contribution is 6.07. The fourth-order valence-electron chi connectivity index (χ4n) is 3.94. The van der Waals surface area contributed by atoms with Crippen molar-refractivity contribution < 1.29 is 14.3 Å². The molecule has 4 rings (SSSR count). The Balaban J connectivity index is 1.81. The van der Waals surface area contributed by atoms with E-state index in [9.17, 15) is 10.1 Å². The topological polar surface area (TPSA) is 110 Å². The number of rotatable bonds is 6. The van der Waals surface area contributed by atoms with Gasteiger partial charge < -0.3 is 14.8 Å². The Bertz CT molecular complexity index is 1200. The molecule has 4 heterocycles. The molecule has 168 valence electrons. The van der Waals surface area contributed by atoms with Crippen LogP contribution in [0.4, 0.5) is 0 Å². The zero-order chi connectivity index (χ0) is 23.4. The third kappa shape index (κ3) is 4.41. The second kappa shape index (κ2) is 9.35. The van der Waals surface area contributed by atoms with Gasteiger partial charge in [-0.15, -0.1) is 0 Å². The number of nitrogens with one attached hydrogen (secondary N) is 1. The zero-order valence-corrected chi connectivity index (χ0v) is 18.8. The molecule has 0 spiro atoms. The van der Waals surface area contributed by atoms with Gasteiger partial charge in [-0.05, 0) is 51.0 Å². The summed E-state index contributed by atoms with van der Waals surface area (Å²) in [6.07, 6.45) is 6.09. The third-order valence-electron chi connectivity index (χ3n) is 5.96. The van der Waals surface area contributed by atoms with Crippen molar-refractivity contribution in [2.75, 3.05) is 13.7 Å². The molecule has 1 fully saturated rings. The van der Waals surface area contributed by atoms with Gasteiger partial charge in [0, 0.05) is 53.9 Å². The molecule has 8 heteroatoms. The molecule has 0 saturated carbocycles. The number of aromatic nitrogens is 3. The van der Waals surface area contributed by atoms with Crippen LogP contribution in [0.25, 0.3) is 11.3 Å². The molecule has 1 aliphatic heterocycles. The number of hydrogen-bond donors (Lipinski definition) is 1. The molecule has 1 N–H and O–H groups in total. The molecule has 33 heavy (non-hydrogen) atoms. The number of carbonyl (C=O) groups excluding carboxylic acids is 1. The van der Waals surface area contributed by atoms with E-state index in [4.69, 9.17) is 9.47 Å². The predicted octanol–water partition coefficient (Wildman–Crippen LogP) is 3.50. The SMILES string of the molecule is COc1ccc(C(=O)[C@@]2(Oc3nccc(C#N)c3C)CC[C@@H](C)NC2)c(-c2cccnc2)n1. The van der Waals surface area contributed by atoms with E-state index in [1.165, 1.54) is 13.3 Å². The van der Waals surface area contributed by atoms with E-state index in [1.54, 1.807) is 43.6 Å². The highest BCUT2D eigenvalue weighted by Gasteiger charge is 2.45. The van der Waals surface area contributed by atoms with Gasteiger partial charge in [0.2, 0.25) is 17.5 Å². The van der Waals surface area contributed by atoms with Gasteiger partial charge in [0.1, 0.15) is 0 Å². The Morgan fingerprint density at radius 3 is 2.79 bits per heavy atom. The minimum atomic E-state index is -1.20. The monoisotopic (exact) mass is 443 g/mol. The number of ether oxygens (including phenoxy) is 2. The normalized spacial score (nSPS) is 20.0. The molecule has 2 atom stereocenters. The number of piperidine rings is 1. The maximum atomic E-state index is 14.1. The fourth-order valence-corrected chi connectivity index (χ4v) is 3.94. The molecule has 0 amide bonds. The molecule has 0 radical (unpaired) electrons. The number of nitriles is 1. The molecule has 3 aromatic heterocycles. The van der Waals surface area contributed by atoms with Crippen molar-refractivity contribution in [1.82, 2.24) is 20.3 Å². The summed E-state index contributed by atoms with van der Waals surface area (Å²) in [5, 5.41) is 12.8. The van der Waals surface area contributed by atoms with Crippen molar-refractivity contribution in [3.8, 4) is 29.1 Å². The number of methoxy groups -OCH3 is 1. The Labute approximate surface area is 192 Å². The van der Waals surface area contributed by atoms with Crippen LogP contribution in [-0.4, -0.2) is 46.0 Å². The lowest BCUT2D eigenvalue weighted by molar-refractivity contribution is 0.0261. The van der Waals surface area contributed by atoms with Gasteiger partial charge in [0.15, 0.2) is 5.60 Å². The molecule has 0 bridgehead atoms. The van der Waals surface area contributed by atoms with Crippen LogP contribution in [0.1, 0.15) is 41.3 Å². The summed E-state index contributed by atoms with van der Waals surface area (Å²) in [6.45, 7) is 4.15. The maximum Gasteiger partial charge on any atom is 0.218 e. The van der Waals surface area contributed by atoms with E-state index in [0.717, 1.165) is 6.42 Å². The van der Waals surface area contributed by atoms with Gasteiger partial charge in [-0.3, -0.25) is 9.78 Å². The number of Topliss-reactive ketones (excluding diaryl/α,β-unsaturated/α-hetero) is 1. The average molecular weight is 444 g/mol. The lowest BCUT2D eigenvalue weighted by atomic mass is 9.82. The summed E-state index contributed by atoms with van der Waals surface area (Å²) >= 11 is 0. The highest BCUT2D eigenvalue weighted by atomic mass is 16.5. The number of ketones is 1. The van der Waals surface area contributed by atoms with E-state index in [-0.39, 0.29) is 17.7 Å². The molecule has 1 aliphatic rings. The van der Waals surface area contributed by atoms with E-state index in [1.807, 2.05) is 6.07 Å². The molecule has 0 aromatic carbocycles. The van der Waals surface area contributed by atoms with Crippen LogP contribution in [0.3, 0.4) is 0 Å². The first-order valence-electron chi connectivity index (χ1n) is 10.8. The molecule has 3 aromatic rings. The first kappa shape index (κ1) is 22.4. The van der Waals surface area contributed by atoms with Gasteiger partial charge >= 0.3 is 0 Å². The minimum Gasteiger partial charge on any atom is -0.481 e. The quantitative estimate of drug-likeness (QED) is 0.577. The van der Waals surface area contributed by atoms with Crippen LogP contribution in [0, 0.1) is 18.3 Å². The Morgan fingerprint density at radius 2 is 2.12 bits per heavy atom. The second-order valence-electron chi connectivity index (χ2n) is 8.14. The van der Waals surface area contributed by atoms with Gasteiger partial charge in [-0.2, -0.15) is 5.26 Å². The zero-order valence-electron chi connectivity index (χ0n) is 18.8. The molecular formula is C25H25N5O3. The first-order valence-corrected chi connectivity index (χ1v) is 10.8. The maximum absolute atomic E-state index is 14.1. The molecule has 8 nitrogen and oxygen atoms in total. The van der Waals surface area contributed by atoms with Crippen LogP contribution in [0.5, 0.6) is 11.8 Å². The Hall–Kier alpha value is -3.83. The molecule has 0 aliphatic carbocycles. The number of pyridine rings is 3. The Kier molecular flexibility index (Phi) is 6.33. The van der Waals surface area contributed by atoms with Crippen molar-refractivity contribution in [2.45, 2.75) is 38.3 Å². The minimum absolute atomic E-state index is 0.209. The van der Waals surface area contributed by atoms with Crippen molar-refractivity contribution in [3.05, 3.63) is 65.6 Å². The number of hydrogen-bond acceptors (Lipinski definition) is 8. The van der Waals surface area contributed by atoms with E-state index < -0.39 is 5.60 Å². The van der Waals surface area contributed by atoms with E-state index in [0.29, 0.717) is 46.8 Å². The summed E-state index contributed by atoms with van der Waals surface area (Å²) < 4.78 is 11.7. The van der Waals surface area contributed by atoms with E-state index in [2.05, 4.69) is 33.3 Å². The van der Waals surface area contributed by atoms with Crippen molar-refractivity contribution in [2.24, 2.45) is 0 Å².